The van der Waals surface area contributed by atoms with Crippen molar-refractivity contribution in [2.24, 2.45) is 0 Å². The molecular weight excluding hydrogens is 399 g/mol. The number of carbonyl (C=O) groups excluding carboxylic acids is 1. The zero-order valence-electron chi connectivity index (χ0n) is 15.9. The van der Waals surface area contributed by atoms with Crippen LogP contribution in [0.3, 0.4) is 0 Å². The number of esters is 1. The van der Waals surface area contributed by atoms with E-state index in [1.54, 1.807) is 18.2 Å². The van der Waals surface area contributed by atoms with Gasteiger partial charge in [0, 0.05) is 6.07 Å². The summed E-state index contributed by atoms with van der Waals surface area (Å²) in [6, 6.07) is 31.2. The lowest BCUT2D eigenvalue weighted by Gasteiger charge is -2.10. The number of aromatic hydroxyl groups is 1. The predicted molar refractivity (Wildman–Crippen MR) is 115 cm³/mol. The van der Waals surface area contributed by atoms with Crippen LogP contribution in [-0.4, -0.2) is 11.1 Å². The molecule has 1 N–H and O–H groups in total. The smallest absolute Gasteiger partial charge is 0.343 e. The molecule has 0 aliphatic heterocycles. The zero-order chi connectivity index (χ0) is 20.9. The molecule has 4 aromatic rings. The minimum absolute atomic E-state index is 0.305. The molecule has 0 aliphatic rings. The predicted octanol–water partition coefficient (Wildman–Crippen LogP) is 5.85. The van der Waals surface area contributed by atoms with Crippen LogP contribution >= 0.6 is 0 Å². The highest BCUT2D eigenvalue weighted by Gasteiger charge is 2.29. The van der Waals surface area contributed by atoms with Gasteiger partial charge < -0.3 is 9.84 Å². The van der Waals surface area contributed by atoms with Crippen LogP contribution in [0.25, 0.3) is 0 Å². The third-order valence-electron chi connectivity index (χ3n) is 4.41. The van der Waals surface area contributed by atoms with Crippen molar-refractivity contribution in [3.8, 4) is 11.5 Å². The second-order valence-corrected chi connectivity index (χ2v) is 8.47. The first-order chi connectivity index (χ1) is 14.6. The Labute approximate surface area is 176 Å². The van der Waals surface area contributed by atoms with Gasteiger partial charge in [0.25, 0.3) is 0 Å². The van der Waals surface area contributed by atoms with Crippen molar-refractivity contribution >= 4 is 16.9 Å². The maximum absolute atomic E-state index is 14.0. The molecule has 0 aliphatic carbocycles. The van der Waals surface area contributed by atoms with Crippen molar-refractivity contribution in [1.29, 1.82) is 0 Å². The lowest BCUT2D eigenvalue weighted by molar-refractivity contribution is 0.0727. The number of phenols is 1. The molecule has 3 nitrogen and oxygen atoms in total. The maximum Gasteiger partial charge on any atom is 0.343 e. The fourth-order valence-electron chi connectivity index (χ4n) is 3.01. The average molecular weight is 417 g/mol. The number of phenolic OH excluding ortho intramolecular Hbond substituents is 1. The molecule has 0 saturated carbocycles. The number of benzene rings is 4. The molecule has 4 aromatic carbocycles. The molecule has 0 fully saturated rings. The molecule has 148 valence electrons. The van der Waals surface area contributed by atoms with Gasteiger partial charge in [-0.25, -0.2) is 4.79 Å². The first kappa shape index (κ1) is 19.7. The lowest BCUT2D eigenvalue weighted by Crippen LogP contribution is -2.11. The molecule has 0 radical (unpaired) electrons. The molecule has 0 saturated heterocycles. The number of ether oxygens (including phenoxy) is 1. The van der Waals surface area contributed by atoms with E-state index in [4.69, 9.17) is 4.74 Å². The van der Waals surface area contributed by atoms with Crippen LogP contribution in [0.5, 0.6) is 11.5 Å². The molecule has 0 spiro atoms. The van der Waals surface area contributed by atoms with E-state index in [-0.39, 0.29) is 5.75 Å². The van der Waals surface area contributed by atoms with Crippen molar-refractivity contribution in [3.05, 3.63) is 115 Å². The van der Waals surface area contributed by atoms with Crippen molar-refractivity contribution in [2.75, 3.05) is 0 Å². The highest BCUT2D eigenvalue weighted by Crippen LogP contribution is 2.32. The van der Waals surface area contributed by atoms with Crippen LogP contribution in [0, 0.1) is 5.82 Å². The van der Waals surface area contributed by atoms with Gasteiger partial charge in [0.05, 0.1) is 16.5 Å². The molecule has 30 heavy (non-hydrogen) atoms. The maximum atomic E-state index is 14.0. The quantitative estimate of drug-likeness (QED) is 0.252. The minimum Gasteiger partial charge on any atom is -0.505 e. The van der Waals surface area contributed by atoms with Crippen LogP contribution in [-0.2, 0) is 10.9 Å². The molecular formula is C25H18FO3S+. The molecule has 0 unspecified atom stereocenters. The van der Waals surface area contributed by atoms with Gasteiger partial charge in [-0.15, -0.1) is 0 Å². The Balaban J connectivity index is 1.70. The number of hydrogen-bond acceptors (Lipinski definition) is 3. The summed E-state index contributed by atoms with van der Waals surface area (Å²) in [4.78, 5) is 15.8. The average Bonchev–Trinajstić information content (AvgIpc) is 2.79. The largest absolute Gasteiger partial charge is 0.505 e. The van der Waals surface area contributed by atoms with Gasteiger partial charge in [0.15, 0.2) is 26.2 Å². The number of rotatable bonds is 5. The van der Waals surface area contributed by atoms with E-state index in [1.807, 2.05) is 42.5 Å². The van der Waals surface area contributed by atoms with E-state index in [9.17, 15) is 14.3 Å². The van der Waals surface area contributed by atoms with E-state index in [0.29, 0.717) is 5.56 Å². The molecule has 0 heterocycles. The molecule has 0 atom stereocenters. The van der Waals surface area contributed by atoms with Crippen LogP contribution in [0.1, 0.15) is 10.4 Å². The molecule has 0 bridgehead atoms. The van der Waals surface area contributed by atoms with E-state index < -0.39 is 28.4 Å². The van der Waals surface area contributed by atoms with Gasteiger partial charge in [-0.05, 0) is 48.5 Å². The summed E-state index contributed by atoms with van der Waals surface area (Å²) >= 11 is 0. The topological polar surface area (TPSA) is 46.5 Å². The van der Waals surface area contributed by atoms with Crippen molar-refractivity contribution in [3.63, 3.8) is 0 Å². The second-order valence-electron chi connectivity index (χ2n) is 6.44. The zero-order valence-corrected chi connectivity index (χ0v) is 16.7. The molecule has 0 amide bonds. The number of hydrogen-bond donors (Lipinski definition) is 1. The Morgan fingerprint density at radius 3 is 1.93 bits per heavy atom. The lowest BCUT2D eigenvalue weighted by atomic mass is 10.2. The first-order valence-electron chi connectivity index (χ1n) is 9.27. The fraction of sp³-hybridized carbons (Fsp3) is 0. The van der Waals surface area contributed by atoms with E-state index in [1.165, 1.54) is 18.2 Å². The summed E-state index contributed by atoms with van der Waals surface area (Å²) in [5, 5.41) is 9.49. The van der Waals surface area contributed by atoms with Crippen LogP contribution in [0.15, 0.2) is 118 Å². The second kappa shape index (κ2) is 8.84. The molecule has 5 heteroatoms. The van der Waals surface area contributed by atoms with Crippen LogP contribution in [0.4, 0.5) is 4.39 Å². The highest BCUT2D eigenvalue weighted by atomic mass is 32.2. The SMILES string of the molecule is O=C(Oc1cccc(O)c1F)c1cccc([S+](c2ccccc2)c2ccccc2)c1. The van der Waals surface area contributed by atoms with Crippen LogP contribution < -0.4 is 4.74 Å². The van der Waals surface area contributed by atoms with Gasteiger partial charge in [-0.2, -0.15) is 4.39 Å². The van der Waals surface area contributed by atoms with Gasteiger partial charge >= 0.3 is 5.97 Å². The highest BCUT2D eigenvalue weighted by molar-refractivity contribution is 7.97. The summed E-state index contributed by atoms with van der Waals surface area (Å²) < 4.78 is 19.2. The summed E-state index contributed by atoms with van der Waals surface area (Å²) in [5.74, 6) is -2.53. The van der Waals surface area contributed by atoms with Gasteiger partial charge in [-0.1, -0.05) is 48.5 Å². The van der Waals surface area contributed by atoms with Crippen molar-refractivity contribution < 1.29 is 19.0 Å². The van der Waals surface area contributed by atoms with Gasteiger partial charge in [-0.3, -0.25) is 0 Å². The third-order valence-corrected chi connectivity index (χ3v) is 6.62. The van der Waals surface area contributed by atoms with E-state index in [0.717, 1.165) is 14.7 Å². The monoisotopic (exact) mass is 417 g/mol. The van der Waals surface area contributed by atoms with Crippen LogP contribution in [0.2, 0.25) is 0 Å². The Hall–Kier alpha value is -3.57. The van der Waals surface area contributed by atoms with E-state index >= 15 is 0 Å². The first-order valence-corrected chi connectivity index (χ1v) is 10.5. The summed E-state index contributed by atoms with van der Waals surface area (Å²) in [5.41, 5.74) is 0.305. The number of halogens is 1. The minimum atomic E-state index is -0.963. The Morgan fingerprint density at radius 1 is 0.733 bits per heavy atom. The fourth-order valence-corrected chi connectivity index (χ4v) is 5.14. The Bertz CT molecular complexity index is 1120. The normalized spacial score (nSPS) is 10.7. The molecule has 0 aromatic heterocycles. The standard InChI is InChI=1S/C25H17FO3S/c26-24-22(27)15-8-16-23(24)29-25(28)18-9-7-14-21(17-18)30(19-10-3-1-4-11-19)20-12-5-2-6-13-20/h1-17H/p+1. The summed E-state index contributed by atoms with van der Waals surface area (Å²) in [6.45, 7) is 0. The Kier molecular flexibility index (Phi) is 5.82. The Morgan fingerprint density at radius 2 is 1.30 bits per heavy atom. The van der Waals surface area contributed by atoms with E-state index in [2.05, 4.69) is 24.3 Å². The third kappa shape index (κ3) is 4.21. The summed E-state index contributed by atoms with van der Waals surface area (Å²) in [7, 11) is -0.418. The summed E-state index contributed by atoms with van der Waals surface area (Å²) in [6.07, 6.45) is 0. The molecule has 4 rings (SSSR count). The van der Waals surface area contributed by atoms with Crippen molar-refractivity contribution in [1.82, 2.24) is 0 Å². The van der Waals surface area contributed by atoms with Gasteiger partial charge in [0.2, 0.25) is 5.82 Å². The van der Waals surface area contributed by atoms with Gasteiger partial charge in [0.1, 0.15) is 0 Å². The number of carbonyl (C=O) groups is 1. The van der Waals surface area contributed by atoms with Crippen molar-refractivity contribution in [2.45, 2.75) is 14.7 Å².